The predicted octanol–water partition coefficient (Wildman–Crippen LogP) is 4.76. The lowest BCUT2D eigenvalue weighted by Gasteiger charge is -2.13. The van der Waals surface area contributed by atoms with Crippen molar-refractivity contribution in [3.8, 4) is 16.9 Å². The Hall–Kier alpha value is -2.19. The number of anilines is 1. The van der Waals surface area contributed by atoms with Crippen LogP contribution in [-0.4, -0.2) is 5.11 Å². The molecule has 0 atom stereocenters. The highest BCUT2D eigenvalue weighted by Crippen LogP contribution is 2.41. The summed E-state index contributed by atoms with van der Waals surface area (Å²) in [4.78, 5) is 0. The van der Waals surface area contributed by atoms with E-state index in [0.717, 1.165) is 27.5 Å². The highest BCUT2D eigenvalue weighted by atomic mass is 35.5. The van der Waals surface area contributed by atoms with Crippen molar-refractivity contribution in [1.82, 2.24) is 0 Å². The average molecular weight is 284 g/mol. The van der Waals surface area contributed by atoms with Gasteiger partial charge in [0.1, 0.15) is 5.75 Å². The van der Waals surface area contributed by atoms with Crippen molar-refractivity contribution in [2.75, 3.05) is 5.73 Å². The second-order valence-corrected chi connectivity index (χ2v) is 5.22. The molecule has 0 aliphatic rings. The lowest BCUT2D eigenvalue weighted by molar-refractivity contribution is 0.478. The second-order valence-electron chi connectivity index (χ2n) is 4.84. The predicted molar refractivity (Wildman–Crippen MR) is 85.2 cm³/mol. The number of fused-ring (bicyclic) bond motifs is 1. The number of aryl methyl sites for hydroxylation is 1. The van der Waals surface area contributed by atoms with Crippen LogP contribution in [0, 0.1) is 6.92 Å². The van der Waals surface area contributed by atoms with E-state index in [1.54, 1.807) is 6.07 Å². The lowest BCUT2D eigenvalue weighted by atomic mass is 9.95. The molecule has 0 saturated heterocycles. The Balaban J connectivity index is 2.41. The number of phenolic OH excluding ortho intramolecular Hbond substituents is 1. The van der Waals surface area contributed by atoms with Crippen molar-refractivity contribution in [3.05, 3.63) is 59.1 Å². The van der Waals surface area contributed by atoms with Crippen molar-refractivity contribution in [1.29, 1.82) is 0 Å². The van der Waals surface area contributed by atoms with Gasteiger partial charge in [-0.1, -0.05) is 54.1 Å². The van der Waals surface area contributed by atoms with Gasteiger partial charge < -0.3 is 10.8 Å². The number of rotatable bonds is 1. The van der Waals surface area contributed by atoms with Crippen molar-refractivity contribution in [2.45, 2.75) is 6.92 Å². The Bertz CT molecular complexity index is 811. The van der Waals surface area contributed by atoms with E-state index in [9.17, 15) is 5.11 Å². The number of nitrogens with two attached hydrogens (primary N) is 1. The molecule has 20 heavy (non-hydrogen) atoms. The summed E-state index contributed by atoms with van der Waals surface area (Å²) in [5, 5.41) is 12.8. The summed E-state index contributed by atoms with van der Waals surface area (Å²) in [6, 6.07) is 15.3. The fourth-order valence-electron chi connectivity index (χ4n) is 2.46. The van der Waals surface area contributed by atoms with Gasteiger partial charge in [0.05, 0.1) is 10.7 Å². The maximum Gasteiger partial charge on any atom is 0.124 e. The first-order valence-electron chi connectivity index (χ1n) is 6.35. The molecule has 0 bridgehead atoms. The summed E-state index contributed by atoms with van der Waals surface area (Å²) in [6.45, 7) is 1.91. The quantitative estimate of drug-likeness (QED) is 0.633. The Morgan fingerprint density at radius 1 is 1.00 bits per heavy atom. The van der Waals surface area contributed by atoms with Gasteiger partial charge in [0.25, 0.3) is 0 Å². The summed E-state index contributed by atoms with van der Waals surface area (Å²) in [7, 11) is 0. The maximum atomic E-state index is 10.2. The first kappa shape index (κ1) is 12.8. The number of halogens is 1. The molecule has 3 aromatic rings. The van der Waals surface area contributed by atoms with Gasteiger partial charge in [0.2, 0.25) is 0 Å². The van der Waals surface area contributed by atoms with Gasteiger partial charge in [-0.15, -0.1) is 0 Å². The third-order valence-corrected chi connectivity index (χ3v) is 4.05. The molecule has 0 spiro atoms. The third kappa shape index (κ3) is 1.89. The molecule has 0 aliphatic heterocycles. The molecule has 3 heteroatoms. The zero-order chi connectivity index (χ0) is 14.3. The highest BCUT2D eigenvalue weighted by molar-refractivity contribution is 6.34. The summed E-state index contributed by atoms with van der Waals surface area (Å²) in [5.74, 6) is 0.204. The number of hydrogen-bond donors (Lipinski definition) is 2. The van der Waals surface area contributed by atoms with E-state index in [1.165, 1.54) is 0 Å². The Morgan fingerprint density at radius 3 is 2.55 bits per heavy atom. The fraction of sp³-hybridized carbons (Fsp3) is 0.0588. The molecule has 3 rings (SSSR count). The van der Waals surface area contributed by atoms with Gasteiger partial charge in [0.15, 0.2) is 0 Å². The first-order valence-corrected chi connectivity index (χ1v) is 6.73. The molecule has 100 valence electrons. The zero-order valence-electron chi connectivity index (χ0n) is 11.0. The average Bonchev–Trinajstić information content (AvgIpc) is 2.46. The number of phenols is 1. The van der Waals surface area contributed by atoms with Crippen molar-refractivity contribution in [3.63, 3.8) is 0 Å². The Morgan fingerprint density at radius 2 is 1.75 bits per heavy atom. The van der Waals surface area contributed by atoms with Crippen LogP contribution in [0.15, 0.2) is 48.5 Å². The summed E-state index contributed by atoms with van der Waals surface area (Å²) in [5.41, 5.74) is 9.04. The van der Waals surface area contributed by atoms with Gasteiger partial charge in [0, 0.05) is 11.1 Å². The normalized spacial score (nSPS) is 10.9. The fourth-order valence-corrected chi connectivity index (χ4v) is 2.63. The first-order chi connectivity index (χ1) is 9.59. The molecule has 0 aromatic heterocycles. The van der Waals surface area contributed by atoms with E-state index in [-0.39, 0.29) is 5.75 Å². The van der Waals surface area contributed by atoms with Crippen molar-refractivity contribution < 1.29 is 5.11 Å². The smallest absolute Gasteiger partial charge is 0.124 e. The maximum absolute atomic E-state index is 10.2. The van der Waals surface area contributed by atoms with E-state index in [4.69, 9.17) is 17.3 Å². The van der Waals surface area contributed by atoms with Gasteiger partial charge in [-0.05, 0) is 29.3 Å². The molecule has 0 unspecified atom stereocenters. The topological polar surface area (TPSA) is 46.2 Å². The molecule has 0 radical (unpaired) electrons. The van der Waals surface area contributed by atoms with Gasteiger partial charge in [-0.25, -0.2) is 0 Å². The van der Waals surface area contributed by atoms with E-state index < -0.39 is 0 Å². The minimum Gasteiger partial charge on any atom is -0.507 e. The molecule has 2 nitrogen and oxygen atoms in total. The number of nitrogen functional groups attached to an aromatic ring is 1. The van der Waals surface area contributed by atoms with Crippen LogP contribution in [0.1, 0.15) is 5.56 Å². The summed E-state index contributed by atoms with van der Waals surface area (Å²) in [6.07, 6.45) is 0. The molecule has 0 saturated carbocycles. The molecule has 3 aromatic carbocycles. The molecular formula is C17H14ClNO. The van der Waals surface area contributed by atoms with Crippen LogP contribution in [0.5, 0.6) is 5.75 Å². The summed E-state index contributed by atoms with van der Waals surface area (Å²) >= 11 is 6.23. The standard InChI is InChI=1S/C17H14ClNO/c1-10-6-8-13(17(19)16(10)18)15-12-5-3-2-4-11(12)7-9-14(15)20/h2-9,20H,19H2,1H3. The van der Waals surface area contributed by atoms with Gasteiger partial charge >= 0.3 is 0 Å². The number of benzene rings is 3. The van der Waals surface area contributed by atoms with Crippen molar-refractivity contribution in [2.24, 2.45) is 0 Å². The largest absolute Gasteiger partial charge is 0.507 e. The Kier molecular flexibility index (Phi) is 3.03. The van der Waals surface area contributed by atoms with Crippen LogP contribution in [-0.2, 0) is 0 Å². The molecule has 3 N–H and O–H groups in total. The van der Waals surface area contributed by atoms with Crippen molar-refractivity contribution >= 4 is 28.1 Å². The third-order valence-electron chi connectivity index (χ3n) is 3.55. The summed E-state index contributed by atoms with van der Waals surface area (Å²) < 4.78 is 0. The number of hydrogen-bond acceptors (Lipinski definition) is 2. The van der Waals surface area contributed by atoms with Gasteiger partial charge in [-0.3, -0.25) is 0 Å². The van der Waals surface area contributed by atoms with Crippen LogP contribution in [0.2, 0.25) is 5.02 Å². The second kappa shape index (κ2) is 4.73. The van der Waals surface area contributed by atoms with Crippen LogP contribution < -0.4 is 5.73 Å². The monoisotopic (exact) mass is 283 g/mol. The highest BCUT2D eigenvalue weighted by Gasteiger charge is 2.14. The van der Waals surface area contributed by atoms with E-state index in [0.29, 0.717) is 10.7 Å². The van der Waals surface area contributed by atoms with E-state index in [2.05, 4.69) is 0 Å². The number of aromatic hydroxyl groups is 1. The van der Waals surface area contributed by atoms with Crippen LogP contribution >= 0.6 is 11.6 Å². The van der Waals surface area contributed by atoms with Crippen LogP contribution in [0.25, 0.3) is 21.9 Å². The van der Waals surface area contributed by atoms with E-state index >= 15 is 0 Å². The molecule has 0 fully saturated rings. The van der Waals surface area contributed by atoms with Crippen LogP contribution in [0.4, 0.5) is 5.69 Å². The molecule has 0 aliphatic carbocycles. The van der Waals surface area contributed by atoms with Gasteiger partial charge in [-0.2, -0.15) is 0 Å². The lowest BCUT2D eigenvalue weighted by Crippen LogP contribution is -1.94. The Labute approximate surface area is 122 Å². The minimum absolute atomic E-state index is 0.204. The molecule has 0 heterocycles. The minimum atomic E-state index is 0.204. The molecular weight excluding hydrogens is 270 g/mol. The molecule has 0 amide bonds. The van der Waals surface area contributed by atoms with Crippen LogP contribution in [0.3, 0.4) is 0 Å². The zero-order valence-corrected chi connectivity index (χ0v) is 11.8. The van der Waals surface area contributed by atoms with E-state index in [1.807, 2.05) is 49.4 Å². The SMILES string of the molecule is Cc1ccc(-c2c(O)ccc3ccccc23)c(N)c1Cl.